The number of Topliss-reactive ketones (excluding diaryl/α,β-unsaturated/α-hetero) is 1. The summed E-state index contributed by atoms with van der Waals surface area (Å²) in [5.74, 6) is -3.46. The topological polar surface area (TPSA) is 125 Å². The Morgan fingerprint density at radius 3 is 2.59 bits per heavy atom. The Hall–Kier alpha value is -3.03. The smallest absolute Gasteiger partial charge is 0.334 e. The highest BCUT2D eigenvalue weighted by atomic mass is 19.1. The number of hydrogen-bond donors (Lipinski definition) is 1. The molecule has 9 heteroatoms. The van der Waals surface area contributed by atoms with Crippen LogP contribution in [0.15, 0.2) is 45.6 Å². The molecule has 1 aromatic rings. The van der Waals surface area contributed by atoms with Crippen molar-refractivity contribution in [1.29, 1.82) is 0 Å². The zero-order valence-corrected chi connectivity index (χ0v) is 14.9. The second kappa shape index (κ2) is 9.07. The molecule has 0 bridgehead atoms. The molecule has 0 aromatic heterocycles. The van der Waals surface area contributed by atoms with E-state index in [0.717, 1.165) is 0 Å². The Kier molecular flexibility index (Phi) is 6.81. The van der Waals surface area contributed by atoms with Crippen molar-refractivity contribution in [2.75, 3.05) is 19.8 Å². The molecule has 0 saturated heterocycles. The summed E-state index contributed by atoms with van der Waals surface area (Å²) in [5, 5.41) is 13.1. The Morgan fingerprint density at radius 2 is 2.04 bits per heavy atom. The molecule has 1 aliphatic heterocycles. The number of benzene rings is 1. The Bertz CT molecular complexity index is 841. The number of nitrogens with zero attached hydrogens (tertiary/aromatic N) is 4. The van der Waals surface area contributed by atoms with Gasteiger partial charge in [-0.05, 0) is 37.1 Å². The molecule has 2 atom stereocenters. The number of aliphatic imine (C=N–C) groups is 1. The first kappa shape index (κ1) is 20.3. The van der Waals surface area contributed by atoms with Crippen molar-refractivity contribution in [2.45, 2.75) is 19.8 Å². The van der Waals surface area contributed by atoms with Crippen molar-refractivity contribution >= 4 is 17.5 Å². The molecule has 1 aliphatic rings. The maximum Gasteiger partial charge on any atom is 0.334 e. The van der Waals surface area contributed by atoms with E-state index < -0.39 is 23.6 Å². The van der Waals surface area contributed by atoms with E-state index in [1.54, 1.807) is 6.92 Å². The van der Waals surface area contributed by atoms with Crippen LogP contribution in [0.25, 0.3) is 10.4 Å². The predicted octanol–water partition coefficient (Wildman–Crippen LogP) is 3.25. The Labute approximate surface area is 155 Å². The van der Waals surface area contributed by atoms with Crippen molar-refractivity contribution in [3.05, 3.63) is 57.4 Å². The average Bonchev–Trinajstić information content (AvgIpc) is 2.61. The number of azide groups is 1. The summed E-state index contributed by atoms with van der Waals surface area (Å²) in [4.78, 5) is 31.1. The number of carbonyl (C=O) groups excluding carboxylic acids is 1. The van der Waals surface area contributed by atoms with Crippen LogP contribution in [0.2, 0.25) is 0 Å². The summed E-state index contributed by atoms with van der Waals surface area (Å²) in [6.07, 6.45) is 0. The molecule has 142 valence electrons. The second-order valence-corrected chi connectivity index (χ2v) is 6.04. The molecule has 27 heavy (non-hydrogen) atoms. The number of ether oxygens (including phenoxy) is 1. The number of carbonyl (C=O) groups is 2. The summed E-state index contributed by atoms with van der Waals surface area (Å²) in [5.41, 5.74) is 9.37. The van der Waals surface area contributed by atoms with Crippen molar-refractivity contribution in [1.82, 2.24) is 0 Å². The fraction of sp³-hybridized carbons (Fsp3) is 0.389. The van der Waals surface area contributed by atoms with E-state index in [1.165, 1.54) is 31.2 Å². The highest BCUT2D eigenvalue weighted by Gasteiger charge is 2.40. The van der Waals surface area contributed by atoms with Gasteiger partial charge in [0.05, 0.1) is 30.4 Å². The molecular weight excluding hydrogens is 355 g/mol. The molecule has 0 radical (unpaired) electrons. The molecule has 0 fully saturated rings. The number of halogens is 1. The van der Waals surface area contributed by atoms with Gasteiger partial charge in [-0.15, -0.1) is 0 Å². The molecule has 0 amide bonds. The summed E-state index contributed by atoms with van der Waals surface area (Å²) >= 11 is 0. The van der Waals surface area contributed by atoms with Crippen molar-refractivity contribution in [2.24, 2.45) is 16.0 Å². The van der Waals surface area contributed by atoms with Crippen LogP contribution in [0.5, 0.6) is 0 Å². The van der Waals surface area contributed by atoms with Gasteiger partial charge in [0.1, 0.15) is 11.6 Å². The number of rotatable bonds is 8. The normalized spacial score (nSPS) is 19.3. The predicted molar refractivity (Wildman–Crippen MR) is 95.9 cm³/mol. The van der Waals surface area contributed by atoms with Crippen LogP contribution in [0.3, 0.4) is 0 Å². The van der Waals surface area contributed by atoms with E-state index in [4.69, 9.17) is 10.3 Å². The summed E-state index contributed by atoms with van der Waals surface area (Å²) < 4.78 is 18.7. The molecular formula is C18H19FN4O4. The first-order chi connectivity index (χ1) is 12.9. The lowest BCUT2D eigenvalue weighted by Gasteiger charge is -2.31. The number of hydrogen-bond acceptors (Lipinski definition) is 5. The van der Waals surface area contributed by atoms with Gasteiger partial charge in [-0.25, -0.2) is 9.18 Å². The standard InChI is InChI=1S/C18H19FN4O4/c1-10-15(11(2)24)16(12-3-5-13(19)6-4-12)17(18(25)26)14(22-10)9-27-8-7-21-23-20/h3-6,15-16H,7-9H2,1-2H3,(H,25,26). The van der Waals surface area contributed by atoms with E-state index in [0.29, 0.717) is 11.3 Å². The van der Waals surface area contributed by atoms with Gasteiger partial charge in [-0.3, -0.25) is 9.79 Å². The highest BCUT2D eigenvalue weighted by molar-refractivity contribution is 6.08. The monoisotopic (exact) mass is 374 g/mol. The first-order valence-corrected chi connectivity index (χ1v) is 8.22. The third kappa shape index (κ3) is 4.78. The van der Waals surface area contributed by atoms with Crippen LogP contribution in [0, 0.1) is 11.7 Å². The summed E-state index contributed by atoms with van der Waals surface area (Å²) in [6, 6.07) is 5.39. The van der Waals surface area contributed by atoms with E-state index >= 15 is 0 Å². The number of carboxylic acid groups (broad SMARTS) is 1. The number of ketones is 1. The number of aliphatic carboxylic acids is 1. The molecule has 1 heterocycles. The van der Waals surface area contributed by atoms with Gasteiger partial charge in [-0.1, -0.05) is 17.2 Å². The van der Waals surface area contributed by atoms with Crippen LogP contribution in [0.4, 0.5) is 4.39 Å². The van der Waals surface area contributed by atoms with Gasteiger partial charge in [0.2, 0.25) is 0 Å². The van der Waals surface area contributed by atoms with E-state index in [-0.39, 0.29) is 36.8 Å². The maximum atomic E-state index is 13.3. The minimum atomic E-state index is -1.22. The minimum absolute atomic E-state index is 0.0591. The summed E-state index contributed by atoms with van der Waals surface area (Å²) in [6.45, 7) is 3.13. The van der Waals surface area contributed by atoms with Crippen molar-refractivity contribution in [3.63, 3.8) is 0 Å². The largest absolute Gasteiger partial charge is 0.478 e. The van der Waals surface area contributed by atoms with Crippen molar-refractivity contribution < 1.29 is 23.8 Å². The van der Waals surface area contributed by atoms with Crippen molar-refractivity contribution in [3.8, 4) is 0 Å². The fourth-order valence-corrected chi connectivity index (χ4v) is 3.17. The van der Waals surface area contributed by atoms with Gasteiger partial charge in [0.25, 0.3) is 0 Å². The number of carboxylic acids is 1. The fourth-order valence-electron chi connectivity index (χ4n) is 3.17. The lowest BCUT2D eigenvalue weighted by atomic mass is 9.74. The molecule has 1 N–H and O–H groups in total. The molecule has 0 aliphatic carbocycles. The van der Waals surface area contributed by atoms with Crippen LogP contribution in [0.1, 0.15) is 25.3 Å². The second-order valence-electron chi connectivity index (χ2n) is 6.04. The maximum absolute atomic E-state index is 13.3. The van der Waals surface area contributed by atoms with Crippen LogP contribution in [-0.2, 0) is 14.3 Å². The van der Waals surface area contributed by atoms with Gasteiger partial charge in [0, 0.05) is 23.1 Å². The zero-order chi connectivity index (χ0) is 20.0. The molecule has 2 unspecified atom stereocenters. The molecule has 0 spiro atoms. The average molecular weight is 374 g/mol. The third-order valence-electron chi connectivity index (χ3n) is 4.25. The van der Waals surface area contributed by atoms with Crippen LogP contribution < -0.4 is 0 Å². The Morgan fingerprint density at radius 1 is 1.37 bits per heavy atom. The van der Waals surface area contributed by atoms with Gasteiger partial charge < -0.3 is 9.84 Å². The first-order valence-electron chi connectivity index (χ1n) is 8.22. The van der Waals surface area contributed by atoms with E-state index in [1.807, 2.05) is 0 Å². The van der Waals surface area contributed by atoms with E-state index in [2.05, 4.69) is 15.0 Å². The van der Waals surface area contributed by atoms with E-state index in [9.17, 15) is 19.1 Å². The van der Waals surface area contributed by atoms with Crippen LogP contribution >= 0.6 is 0 Å². The lowest BCUT2D eigenvalue weighted by molar-refractivity contribution is -0.133. The zero-order valence-electron chi connectivity index (χ0n) is 14.9. The van der Waals surface area contributed by atoms with Gasteiger partial charge in [-0.2, -0.15) is 0 Å². The minimum Gasteiger partial charge on any atom is -0.478 e. The third-order valence-corrected chi connectivity index (χ3v) is 4.25. The Balaban J connectivity index is 2.47. The van der Waals surface area contributed by atoms with Gasteiger partial charge >= 0.3 is 5.97 Å². The van der Waals surface area contributed by atoms with Crippen LogP contribution in [-0.4, -0.2) is 42.3 Å². The summed E-state index contributed by atoms with van der Waals surface area (Å²) in [7, 11) is 0. The molecule has 2 rings (SSSR count). The SMILES string of the molecule is CC(=O)C1C(C)=NC(COCCN=[N+]=[N-])=C(C(=O)O)C1c1ccc(F)cc1. The van der Waals surface area contributed by atoms with Gasteiger partial charge in [0.15, 0.2) is 0 Å². The quantitative estimate of drug-likeness (QED) is 0.324. The molecule has 8 nitrogen and oxygen atoms in total. The molecule has 0 saturated carbocycles. The highest BCUT2D eigenvalue weighted by Crippen LogP contribution is 2.39. The lowest BCUT2D eigenvalue weighted by Crippen LogP contribution is -2.34. The molecule has 1 aromatic carbocycles.